The van der Waals surface area contributed by atoms with Crippen molar-refractivity contribution >= 4 is 16.9 Å². The van der Waals surface area contributed by atoms with Crippen LogP contribution in [-0.2, 0) is 6.54 Å². The number of benzene rings is 2. The number of fused-ring (bicyclic) bond motifs is 2. The van der Waals surface area contributed by atoms with Crippen molar-refractivity contribution in [1.29, 1.82) is 0 Å². The summed E-state index contributed by atoms with van der Waals surface area (Å²) in [5.74, 6) is -0.146. The molecule has 0 fully saturated rings. The second kappa shape index (κ2) is 6.95. The molecule has 0 radical (unpaired) electrons. The summed E-state index contributed by atoms with van der Waals surface area (Å²) in [7, 11) is 0. The Labute approximate surface area is 173 Å². The number of carbonyl (C=O) groups excluding carboxylic acids is 1. The number of carbonyl (C=O) groups is 1. The lowest BCUT2D eigenvalue weighted by molar-refractivity contribution is 0.0714. The molecule has 30 heavy (non-hydrogen) atoms. The van der Waals surface area contributed by atoms with Gasteiger partial charge in [-0.2, -0.15) is 0 Å². The summed E-state index contributed by atoms with van der Waals surface area (Å²) in [5, 5.41) is 0.493. The Bertz CT molecular complexity index is 1320. The molecule has 0 spiro atoms. The number of rotatable bonds is 3. The Kier molecular flexibility index (Phi) is 4.24. The Hall–Kier alpha value is -3.73. The zero-order valence-corrected chi connectivity index (χ0v) is 16.8. The van der Waals surface area contributed by atoms with Crippen molar-refractivity contribution in [3.8, 4) is 0 Å². The van der Waals surface area contributed by atoms with Crippen LogP contribution in [0.2, 0.25) is 0 Å². The first-order chi connectivity index (χ1) is 14.5. The van der Waals surface area contributed by atoms with E-state index < -0.39 is 6.04 Å². The molecule has 2 aromatic carbocycles. The third kappa shape index (κ3) is 2.90. The highest BCUT2D eigenvalue weighted by Gasteiger charge is 2.42. The van der Waals surface area contributed by atoms with Crippen LogP contribution in [0.1, 0.15) is 44.4 Å². The molecule has 5 rings (SSSR count). The van der Waals surface area contributed by atoms with Gasteiger partial charge >= 0.3 is 0 Å². The van der Waals surface area contributed by atoms with Crippen LogP contribution in [-0.4, -0.2) is 15.8 Å². The molecule has 0 saturated heterocycles. The second-order valence-corrected chi connectivity index (χ2v) is 7.78. The molecule has 148 valence electrons. The van der Waals surface area contributed by atoms with E-state index in [1.807, 2.05) is 56.3 Å². The van der Waals surface area contributed by atoms with Crippen LogP contribution in [0.15, 0.2) is 76.2 Å². The SMILES string of the molecule is Cc1ccc(C2c3c(oc4cc(C)ccc4c3=O)C(=O)N2Cc2cccnc2)cc1. The minimum atomic E-state index is -0.504. The van der Waals surface area contributed by atoms with E-state index in [0.717, 1.165) is 22.3 Å². The summed E-state index contributed by atoms with van der Waals surface area (Å²) < 4.78 is 6.01. The van der Waals surface area contributed by atoms with Crippen molar-refractivity contribution in [2.75, 3.05) is 0 Å². The van der Waals surface area contributed by atoms with Gasteiger partial charge in [0, 0.05) is 18.9 Å². The van der Waals surface area contributed by atoms with Crippen LogP contribution in [0.25, 0.3) is 11.0 Å². The lowest BCUT2D eigenvalue weighted by Crippen LogP contribution is -2.29. The average Bonchev–Trinajstić information content (AvgIpc) is 3.01. The third-order valence-corrected chi connectivity index (χ3v) is 5.59. The molecule has 3 heterocycles. The number of aromatic nitrogens is 1. The Morgan fingerprint density at radius 1 is 1.00 bits per heavy atom. The monoisotopic (exact) mass is 396 g/mol. The van der Waals surface area contributed by atoms with Crippen molar-refractivity contribution < 1.29 is 9.21 Å². The van der Waals surface area contributed by atoms with Crippen LogP contribution >= 0.6 is 0 Å². The highest BCUT2D eigenvalue weighted by molar-refractivity contribution is 5.99. The highest BCUT2D eigenvalue weighted by Crippen LogP contribution is 2.39. The number of hydrogen-bond acceptors (Lipinski definition) is 4. The van der Waals surface area contributed by atoms with E-state index in [0.29, 0.717) is 23.1 Å². The van der Waals surface area contributed by atoms with Crippen LogP contribution < -0.4 is 5.43 Å². The molecule has 0 bridgehead atoms. The van der Waals surface area contributed by atoms with Crippen LogP contribution in [0.5, 0.6) is 0 Å². The summed E-state index contributed by atoms with van der Waals surface area (Å²) in [4.78, 5) is 32.7. The molecule has 1 amide bonds. The van der Waals surface area contributed by atoms with Gasteiger partial charge in [0.25, 0.3) is 5.91 Å². The van der Waals surface area contributed by atoms with Gasteiger partial charge in [-0.15, -0.1) is 0 Å². The Morgan fingerprint density at radius 2 is 1.77 bits per heavy atom. The smallest absolute Gasteiger partial charge is 0.291 e. The summed E-state index contributed by atoms with van der Waals surface area (Å²) in [6.07, 6.45) is 3.43. The number of amides is 1. The molecule has 1 aliphatic rings. The lowest BCUT2D eigenvalue weighted by atomic mass is 9.97. The number of aryl methyl sites for hydroxylation is 2. The summed E-state index contributed by atoms with van der Waals surface area (Å²) in [5.41, 5.74) is 4.56. The minimum Gasteiger partial charge on any atom is -0.450 e. The third-order valence-electron chi connectivity index (χ3n) is 5.59. The van der Waals surface area contributed by atoms with Crippen molar-refractivity contribution in [2.45, 2.75) is 26.4 Å². The Morgan fingerprint density at radius 3 is 2.50 bits per heavy atom. The molecule has 1 unspecified atom stereocenters. The molecule has 1 aliphatic heterocycles. The van der Waals surface area contributed by atoms with E-state index in [1.165, 1.54) is 0 Å². The van der Waals surface area contributed by atoms with E-state index in [1.54, 1.807) is 29.4 Å². The summed E-state index contributed by atoms with van der Waals surface area (Å²) in [6, 6.07) is 16.6. The van der Waals surface area contributed by atoms with Gasteiger partial charge in [0.05, 0.1) is 17.0 Å². The van der Waals surface area contributed by atoms with Gasteiger partial charge in [0.1, 0.15) is 5.58 Å². The van der Waals surface area contributed by atoms with E-state index in [2.05, 4.69) is 4.98 Å². The van der Waals surface area contributed by atoms with Gasteiger partial charge < -0.3 is 9.32 Å². The van der Waals surface area contributed by atoms with E-state index in [-0.39, 0.29) is 17.1 Å². The topological polar surface area (TPSA) is 63.4 Å². The highest BCUT2D eigenvalue weighted by atomic mass is 16.3. The molecular weight excluding hydrogens is 376 g/mol. The van der Waals surface area contributed by atoms with E-state index in [4.69, 9.17) is 4.42 Å². The fraction of sp³-hybridized carbons (Fsp3) is 0.160. The maximum atomic E-state index is 13.5. The maximum absolute atomic E-state index is 13.5. The van der Waals surface area contributed by atoms with Gasteiger partial charge in [-0.1, -0.05) is 42.0 Å². The first-order valence-electron chi connectivity index (χ1n) is 9.87. The number of nitrogens with zero attached hydrogens (tertiary/aromatic N) is 2. The van der Waals surface area contributed by atoms with Crippen molar-refractivity contribution in [3.05, 3.63) is 111 Å². The van der Waals surface area contributed by atoms with Gasteiger partial charge in [-0.05, 0) is 48.7 Å². The van der Waals surface area contributed by atoms with Gasteiger partial charge in [-0.3, -0.25) is 14.6 Å². The van der Waals surface area contributed by atoms with E-state index in [9.17, 15) is 9.59 Å². The van der Waals surface area contributed by atoms with Gasteiger partial charge in [0.15, 0.2) is 5.43 Å². The summed E-state index contributed by atoms with van der Waals surface area (Å²) >= 11 is 0. The molecule has 0 aliphatic carbocycles. The van der Waals surface area contributed by atoms with Crippen LogP contribution in [0.4, 0.5) is 0 Å². The second-order valence-electron chi connectivity index (χ2n) is 7.78. The summed E-state index contributed by atoms with van der Waals surface area (Å²) in [6.45, 7) is 4.28. The first-order valence-corrected chi connectivity index (χ1v) is 9.87. The zero-order valence-electron chi connectivity index (χ0n) is 16.8. The fourth-order valence-electron chi connectivity index (χ4n) is 4.07. The molecule has 0 saturated carbocycles. The predicted octanol–water partition coefficient (Wildman–Crippen LogP) is 4.55. The van der Waals surface area contributed by atoms with Crippen molar-refractivity contribution in [3.63, 3.8) is 0 Å². The standard InChI is InChI=1S/C25H20N2O3/c1-15-5-8-18(9-6-15)22-21-23(28)19-10-7-16(2)12-20(19)30-24(21)25(29)27(22)14-17-4-3-11-26-13-17/h3-13,22H,14H2,1-2H3. The van der Waals surface area contributed by atoms with Gasteiger partial charge in [0.2, 0.25) is 5.76 Å². The molecule has 5 heteroatoms. The quantitative estimate of drug-likeness (QED) is 0.510. The molecule has 0 N–H and O–H groups in total. The number of hydrogen-bond donors (Lipinski definition) is 0. The molecule has 2 aromatic heterocycles. The minimum absolute atomic E-state index is 0.132. The van der Waals surface area contributed by atoms with Crippen LogP contribution in [0, 0.1) is 13.8 Å². The molecule has 4 aromatic rings. The lowest BCUT2D eigenvalue weighted by Gasteiger charge is -2.25. The van der Waals surface area contributed by atoms with Crippen molar-refractivity contribution in [1.82, 2.24) is 9.88 Å². The largest absolute Gasteiger partial charge is 0.450 e. The Balaban J connectivity index is 1.74. The van der Waals surface area contributed by atoms with Gasteiger partial charge in [-0.25, -0.2) is 0 Å². The molecule has 1 atom stereocenters. The zero-order chi connectivity index (χ0) is 20.8. The maximum Gasteiger partial charge on any atom is 0.291 e. The predicted molar refractivity (Wildman–Crippen MR) is 114 cm³/mol. The fourth-order valence-corrected chi connectivity index (χ4v) is 4.07. The molecular formula is C25H20N2O3. The first kappa shape index (κ1) is 18.3. The van der Waals surface area contributed by atoms with E-state index >= 15 is 0 Å². The normalized spacial score (nSPS) is 15.6. The van der Waals surface area contributed by atoms with Crippen molar-refractivity contribution in [2.24, 2.45) is 0 Å². The average molecular weight is 396 g/mol. The number of pyridine rings is 1. The molecule has 5 nitrogen and oxygen atoms in total. The van der Waals surface area contributed by atoms with Crippen LogP contribution in [0.3, 0.4) is 0 Å².